The van der Waals surface area contributed by atoms with Crippen molar-refractivity contribution in [1.82, 2.24) is 10.2 Å². The first-order valence-electron chi connectivity index (χ1n) is 8.08. The number of benzene rings is 1. The Bertz CT molecular complexity index is 612. The number of hydrogen-bond acceptors (Lipinski definition) is 4. The molecule has 1 aliphatic rings. The van der Waals surface area contributed by atoms with Crippen molar-refractivity contribution in [2.75, 3.05) is 7.05 Å². The van der Waals surface area contributed by atoms with Gasteiger partial charge in [0.15, 0.2) is 0 Å². The maximum Gasteiger partial charge on any atom is 0.243 e. The van der Waals surface area contributed by atoms with E-state index in [4.69, 9.17) is 0 Å². The summed E-state index contributed by atoms with van der Waals surface area (Å²) in [4.78, 5) is 36.4. The van der Waals surface area contributed by atoms with Crippen LogP contribution >= 0.6 is 0 Å². The minimum Gasteiger partial charge on any atom is -0.298 e. The average molecular weight is 316 g/mol. The molecule has 1 aromatic carbocycles. The van der Waals surface area contributed by atoms with Gasteiger partial charge in [-0.2, -0.15) is 0 Å². The number of hydrogen-bond donors (Lipinski definition) is 1. The molecular weight excluding hydrogens is 292 g/mol. The largest absolute Gasteiger partial charge is 0.298 e. The van der Waals surface area contributed by atoms with Gasteiger partial charge in [-0.15, -0.1) is 0 Å². The third-order valence-electron chi connectivity index (χ3n) is 4.64. The van der Waals surface area contributed by atoms with Crippen molar-refractivity contribution in [3.8, 4) is 0 Å². The van der Waals surface area contributed by atoms with Crippen molar-refractivity contribution < 1.29 is 14.4 Å². The molecule has 0 bridgehead atoms. The number of likely N-dealkylation sites (N-methyl/N-ethyl adjacent to an activating group) is 1. The Kier molecular flexibility index (Phi) is 5.66. The van der Waals surface area contributed by atoms with E-state index in [1.807, 2.05) is 24.1 Å². The van der Waals surface area contributed by atoms with Crippen molar-refractivity contribution in [2.24, 2.45) is 0 Å². The summed E-state index contributed by atoms with van der Waals surface area (Å²) < 4.78 is 0. The molecule has 2 amide bonds. The van der Waals surface area contributed by atoms with Crippen molar-refractivity contribution in [3.63, 3.8) is 0 Å². The lowest BCUT2D eigenvalue weighted by molar-refractivity contribution is -0.137. The van der Waals surface area contributed by atoms with Crippen LogP contribution in [0.25, 0.3) is 0 Å². The number of amides is 2. The van der Waals surface area contributed by atoms with Gasteiger partial charge in [0.05, 0.1) is 6.04 Å². The molecule has 0 radical (unpaired) electrons. The summed E-state index contributed by atoms with van der Waals surface area (Å²) in [6.45, 7) is 4.79. The standard InChI is InChI=1S/C18H24N2O3/c1-4-12(2)13-5-6-14(11-21)15(9-13)10-20(3)16-7-8-17(22)19-18(16)23/h5-6,9,11-12,16H,4,7-8,10H2,1-3H3,(H,19,22,23). The van der Waals surface area contributed by atoms with E-state index in [9.17, 15) is 14.4 Å². The number of nitrogens with one attached hydrogen (secondary N) is 1. The van der Waals surface area contributed by atoms with Gasteiger partial charge < -0.3 is 0 Å². The summed E-state index contributed by atoms with van der Waals surface area (Å²) in [5, 5.41) is 2.37. The Balaban J connectivity index is 2.18. The van der Waals surface area contributed by atoms with Gasteiger partial charge in [0.1, 0.15) is 6.29 Å². The van der Waals surface area contributed by atoms with Crippen molar-refractivity contribution in [3.05, 3.63) is 34.9 Å². The second-order valence-electron chi connectivity index (χ2n) is 6.27. The highest BCUT2D eigenvalue weighted by Crippen LogP contribution is 2.23. The van der Waals surface area contributed by atoms with Crippen LogP contribution in [0.15, 0.2) is 18.2 Å². The lowest BCUT2D eigenvalue weighted by atomic mass is 9.94. The Morgan fingerprint density at radius 2 is 2.13 bits per heavy atom. The molecule has 2 rings (SSSR count). The molecule has 1 heterocycles. The number of carbonyl (C=O) groups excluding carboxylic acids is 3. The zero-order chi connectivity index (χ0) is 17.0. The molecule has 0 spiro atoms. The van der Waals surface area contributed by atoms with E-state index in [2.05, 4.69) is 25.2 Å². The third-order valence-corrected chi connectivity index (χ3v) is 4.64. The van der Waals surface area contributed by atoms with Gasteiger partial charge in [-0.25, -0.2) is 0 Å². The van der Waals surface area contributed by atoms with Crippen LogP contribution in [-0.4, -0.2) is 36.1 Å². The minimum absolute atomic E-state index is 0.216. The first-order chi connectivity index (χ1) is 11.0. The van der Waals surface area contributed by atoms with Crippen molar-refractivity contribution >= 4 is 18.1 Å². The van der Waals surface area contributed by atoms with E-state index in [1.54, 1.807) is 0 Å². The quantitative estimate of drug-likeness (QED) is 0.646. The molecule has 1 aromatic rings. The van der Waals surface area contributed by atoms with Crippen molar-refractivity contribution in [1.29, 1.82) is 0 Å². The molecule has 1 N–H and O–H groups in total. The fraction of sp³-hybridized carbons (Fsp3) is 0.500. The van der Waals surface area contributed by atoms with E-state index >= 15 is 0 Å². The molecule has 23 heavy (non-hydrogen) atoms. The highest BCUT2D eigenvalue weighted by atomic mass is 16.2. The Hall–Kier alpha value is -2.01. The van der Waals surface area contributed by atoms with Gasteiger partial charge in [-0.3, -0.25) is 24.6 Å². The lowest BCUT2D eigenvalue weighted by Gasteiger charge is -2.30. The van der Waals surface area contributed by atoms with E-state index in [0.29, 0.717) is 30.9 Å². The highest BCUT2D eigenvalue weighted by molar-refractivity contribution is 6.00. The number of imide groups is 1. The Labute approximate surface area is 137 Å². The molecule has 1 saturated heterocycles. The summed E-state index contributed by atoms with van der Waals surface area (Å²) in [5.41, 5.74) is 2.77. The van der Waals surface area contributed by atoms with E-state index in [0.717, 1.165) is 18.3 Å². The van der Waals surface area contributed by atoms with Crippen molar-refractivity contribution in [2.45, 2.75) is 51.6 Å². The molecule has 1 aliphatic heterocycles. The number of rotatable bonds is 6. The number of nitrogens with zero attached hydrogens (tertiary/aromatic N) is 1. The summed E-state index contributed by atoms with van der Waals surface area (Å²) in [6, 6.07) is 5.56. The molecule has 0 saturated carbocycles. The van der Waals surface area contributed by atoms with Crippen LogP contribution < -0.4 is 5.32 Å². The predicted octanol–water partition coefficient (Wildman–Crippen LogP) is 2.25. The molecule has 1 fully saturated rings. The van der Waals surface area contributed by atoms with E-state index in [-0.39, 0.29) is 17.9 Å². The molecule has 5 nitrogen and oxygen atoms in total. The lowest BCUT2D eigenvalue weighted by Crippen LogP contribution is -2.51. The minimum atomic E-state index is -0.334. The molecule has 124 valence electrons. The highest BCUT2D eigenvalue weighted by Gasteiger charge is 2.30. The maximum atomic E-state index is 12.0. The Morgan fingerprint density at radius 3 is 2.74 bits per heavy atom. The van der Waals surface area contributed by atoms with Crippen LogP contribution in [0.1, 0.15) is 60.5 Å². The summed E-state index contributed by atoms with van der Waals surface area (Å²) >= 11 is 0. The summed E-state index contributed by atoms with van der Waals surface area (Å²) in [6.07, 6.45) is 2.76. The van der Waals surface area contributed by atoms with Gasteiger partial charge in [-0.05, 0) is 36.9 Å². The van der Waals surface area contributed by atoms with Crippen LogP contribution in [0.2, 0.25) is 0 Å². The van der Waals surface area contributed by atoms with Crippen LogP contribution in [0.3, 0.4) is 0 Å². The normalized spacial score (nSPS) is 19.6. The van der Waals surface area contributed by atoms with E-state index < -0.39 is 0 Å². The van der Waals surface area contributed by atoms with Crippen LogP contribution in [-0.2, 0) is 16.1 Å². The second-order valence-corrected chi connectivity index (χ2v) is 6.27. The molecule has 0 aliphatic carbocycles. The molecule has 2 atom stereocenters. The monoisotopic (exact) mass is 316 g/mol. The third kappa shape index (κ3) is 4.05. The number of aldehydes is 1. The van der Waals surface area contributed by atoms with Gasteiger partial charge in [0, 0.05) is 18.5 Å². The molecule has 0 aromatic heterocycles. The fourth-order valence-electron chi connectivity index (χ4n) is 2.90. The average Bonchev–Trinajstić information content (AvgIpc) is 2.53. The first-order valence-corrected chi connectivity index (χ1v) is 8.08. The van der Waals surface area contributed by atoms with Crippen LogP contribution in [0.5, 0.6) is 0 Å². The van der Waals surface area contributed by atoms with E-state index in [1.165, 1.54) is 5.56 Å². The van der Waals surface area contributed by atoms with Gasteiger partial charge in [0.2, 0.25) is 11.8 Å². The molecule has 5 heteroatoms. The molecular formula is C18H24N2O3. The molecule has 2 unspecified atom stereocenters. The summed E-state index contributed by atoms with van der Waals surface area (Å²) in [7, 11) is 1.85. The van der Waals surface area contributed by atoms with Crippen LogP contribution in [0, 0.1) is 0 Å². The zero-order valence-corrected chi connectivity index (χ0v) is 14.0. The number of carbonyl (C=O) groups is 3. The van der Waals surface area contributed by atoms with Gasteiger partial charge in [-0.1, -0.05) is 32.0 Å². The topological polar surface area (TPSA) is 66.5 Å². The second kappa shape index (κ2) is 7.51. The smallest absolute Gasteiger partial charge is 0.243 e. The summed E-state index contributed by atoms with van der Waals surface area (Å²) in [5.74, 6) is -0.0446. The maximum absolute atomic E-state index is 12.0. The first kappa shape index (κ1) is 17.3. The number of piperidine rings is 1. The van der Waals surface area contributed by atoms with Gasteiger partial charge >= 0.3 is 0 Å². The SMILES string of the molecule is CCC(C)c1ccc(C=O)c(CN(C)C2CCC(=O)NC2=O)c1. The Morgan fingerprint density at radius 1 is 1.39 bits per heavy atom. The van der Waals surface area contributed by atoms with Crippen LogP contribution in [0.4, 0.5) is 0 Å². The zero-order valence-electron chi connectivity index (χ0n) is 14.0. The van der Waals surface area contributed by atoms with Gasteiger partial charge in [0.25, 0.3) is 0 Å². The fourth-order valence-corrected chi connectivity index (χ4v) is 2.90. The predicted molar refractivity (Wildman–Crippen MR) is 88.2 cm³/mol.